The molecule has 1 atom stereocenters. The van der Waals surface area contributed by atoms with E-state index in [4.69, 9.17) is 14.2 Å². The van der Waals surface area contributed by atoms with Crippen molar-refractivity contribution in [3.63, 3.8) is 0 Å². The van der Waals surface area contributed by atoms with Crippen molar-refractivity contribution in [1.82, 2.24) is 9.71 Å². The fraction of sp³-hybridized carbons (Fsp3) is 0.227. The van der Waals surface area contributed by atoms with E-state index in [-0.39, 0.29) is 15.5 Å². The standard InChI is InChI=1S/C22H24N2O7S2/c1-29-17-6-8-18(9-7-17)32(25,26)22(16-5-4-12-23-14-16)15-24-33(27,28)19-10-11-20(30-2)21(13-19)31-3/h4-14,22,24H,15H2,1-3H3. The molecule has 1 unspecified atom stereocenters. The third-order valence-corrected chi connectivity index (χ3v) is 8.48. The Morgan fingerprint density at radius 1 is 0.848 bits per heavy atom. The van der Waals surface area contributed by atoms with Crippen molar-refractivity contribution < 1.29 is 31.0 Å². The molecule has 11 heteroatoms. The Kier molecular flexibility index (Phi) is 7.57. The van der Waals surface area contributed by atoms with Crippen LogP contribution in [0, 0.1) is 0 Å². The number of rotatable bonds is 10. The summed E-state index contributed by atoms with van der Waals surface area (Å²) >= 11 is 0. The highest BCUT2D eigenvalue weighted by Gasteiger charge is 2.31. The van der Waals surface area contributed by atoms with Crippen molar-refractivity contribution >= 4 is 19.9 Å². The van der Waals surface area contributed by atoms with Crippen LogP contribution in [0.1, 0.15) is 10.8 Å². The zero-order chi connectivity index (χ0) is 24.1. The van der Waals surface area contributed by atoms with Gasteiger partial charge in [0.2, 0.25) is 10.0 Å². The van der Waals surface area contributed by atoms with Gasteiger partial charge in [-0.15, -0.1) is 0 Å². The molecule has 0 bridgehead atoms. The number of nitrogens with one attached hydrogen (secondary N) is 1. The second-order valence-corrected chi connectivity index (χ2v) is 10.8. The number of hydrogen-bond acceptors (Lipinski definition) is 8. The maximum atomic E-state index is 13.4. The molecule has 3 aromatic rings. The first-order valence-electron chi connectivity index (χ1n) is 9.72. The zero-order valence-corrected chi connectivity index (χ0v) is 19.9. The first-order chi connectivity index (χ1) is 15.7. The minimum absolute atomic E-state index is 0.0301. The lowest BCUT2D eigenvalue weighted by atomic mass is 10.2. The summed E-state index contributed by atoms with van der Waals surface area (Å²) in [5.74, 6) is 1.10. The molecule has 1 N–H and O–H groups in total. The van der Waals surface area contributed by atoms with Crippen molar-refractivity contribution in [1.29, 1.82) is 0 Å². The Balaban J connectivity index is 1.95. The molecule has 176 valence electrons. The molecule has 33 heavy (non-hydrogen) atoms. The molecule has 0 radical (unpaired) electrons. The van der Waals surface area contributed by atoms with E-state index in [9.17, 15) is 16.8 Å². The van der Waals surface area contributed by atoms with Crippen LogP contribution in [0.3, 0.4) is 0 Å². The number of aromatic nitrogens is 1. The monoisotopic (exact) mass is 492 g/mol. The summed E-state index contributed by atoms with van der Waals surface area (Å²) in [6, 6.07) is 13.2. The van der Waals surface area contributed by atoms with Gasteiger partial charge >= 0.3 is 0 Å². The van der Waals surface area contributed by atoms with Crippen molar-refractivity contribution in [3.8, 4) is 17.2 Å². The van der Waals surface area contributed by atoms with Gasteiger partial charge in [-0.2, -0.15) is 0 Å². The van der Waals surface area contributed by atoms with Crippen LogP contribution < -0.4 is 18.9 Å². The highest BCUT2D eigenvalue weighted by atomic mass is 32.2. The minimum Gasteiger partial charge on any atom is -0.497 e. The lowest BCUT2D eigenvalue weighted by molar-refractivity contribution is 0.354. The number of sulfone groups is 1. The van der Waals surface area contributed by atoms with Crippen LogP contribution in [-0.2, 0) is 19.9 Å². The maximum Gasteiger partial charge on any atom is 0.240 e. The summed E-state index contributed by atoms with van der Waals surface area (Å²) < 4.78 is 70.6. The molecule has 3 rings (SSSR count). The van der Waals surface area contributed by atoms with E-state index in [1.54, 1.807) is 12.1 Å². The Morgan fingerprint density at radius 3 is 2.09 bits per heavy atom. The fourth-order valence-corrected chi connectivity index (χ4v) is 5.97. The summed E-state index contributed by atoms with van der Waals surface area (Å²) in [6.07, 6.45) is 2.91. The number of nitrogens with zero attached hydrogens (tertiary/aromatic N) is 1. The van der Waals surface area contributed by atoms with Crippen LogP contribution >= 0.6 is 0 Å². The number of pyridine rings is 1. The van der Waals surface area contributed by atoms with Gasteiger partial charge in [0.05, 0.1) is 31.1 Å². The van der Waals surface area contributed by atoms with Crippen molar-refractivity contribution in [2.75, 3.05) is 27.9 Å². The Bertz CT molecular complexity index is 1290. The Morgan fingerprint density at radius 2 is 1.52 bits per heavy atom. The molecule has 0 fully saturated rings. The van der Waals surface area contributed by atoms with Gasteiger partial charge in [-0.05, 0) is 48.0 Å². The van der Waals surface area contributed by atoms with Gasteiger partial charge in [-0.25, -0.2) is 21.6 Å². The largest absolute Gasteiger partial charge is 0.497 e. The van der Waals surface area contributed by atoms with Crippen LogP contribution in [0.2, 0.25) is 0 Å². The number of methoxy groups -OCH3 is 3. The van der Waals surface area contributed by atoms with Gasteiger partial charge in [0.15, 0.2) is 21.3 Å². The van der Waals surface area contributed by atoms with Crippen LogP contribution in [0.4, 0.5) is 0 Å². The molecule has 9 nitrogen and oxygen atoms in total. The SMILES string of the molecule is COc1ccc(S(=O)(=O)C(CNS(=O)(=O)c2ccc(OC)c(OC)c2)c2cccnc2)cc1. The average molecular weight is 493 g/mol. The van der Waals surface area contributed by atoms with Gasteiger partial charge in [0.1, 0.15) is 11.0 Å². The molecular weight excluding hydrogens is 468 g/mol. The first-order valence-corrected chi connectivity index (χ1v) is 12.8. The number of benzene rings is 2. The van der Waals surface area contributed by atoms with Crippen molar-refractivity contribution in [2.45, 2.75) is 15.0 Å². The van der Waals surface area contributed by atoms with Crippen molar-refractivity contribution in [3.05, 3.63) is 72.6 Å². The minimum atomic E-state index is -4.06. The van der Waals surface area contributed by atoms with E-state index in [1.807, 2.05) is 0 Å². The molecule has 0 saturated heterocycles. The maximum absolute atomic E-state index is 13.4. The Hall–Kier alpha value is -3.15. The average Bonchev–Trinajstić information content (AvgIpc) is 2.84. The molecular formula is C22H24N2O7S2. The highest BCUT2D eigenvalue weighted by Crippen LogP contribution is 2.31. The van der Waals surface area contributed by atoms with Gasteiger partial charge in [-0.3, -0.25) is 4.98 Å². The second kappa shape index (κ2) is 10.2. The van der Waals surface area contributed by atoms with Crippen LogP contribution in [0.5, 0.6) is 17.2 Å². The van der Waals surface area contributed by atoms with E-state index in [0.29, 0.717) is 17.1 Å². The number of ether oxygens (including phenoxy) is 3. The second-order valence-electron chi connectivity index (χ2n) is 6.86. The molecule has 2 aromatic carbocycles. The molecule has 0 aliphatic rings. The smallest absolute Gasteiger partial charge is 0.240 e. The van der Waals surface area contributed by atoms with Crippen LogP contribution in [0.15, 0.2) is 76.8 Å². The van der Waals surface area contributed by atoms with Crippen molar-refractivity contribution in [2.24, 2.45) is 0 Å². The molecule has 0 amide bonds. The van der Waals surface area contributed by atoms with Gasteiger partial charge in [0.25, 0.3) is 0 Å². The summed E-state index contributed by atoms with van der Waals surface area (Å²) in [4.78, 5) is 3.93. The quantitative estimate of drug-likeness (QED) is 0.458. The molecule has 0 saturated carbocycles. The molecule has 0 spiro atoms. The topological polar surface area (TPSA) is 121 Å². The Labute approximate surface area is 193 Å². The predicted molar refractivity (Wildman–Crippen MR) is 122 cm³/mol. The van der Waals surface area contributed by atoms with E-state index < -0.39 is 31.7 Å². The summed E-state index contributed by atoms with van der Waals surface area (Å²) in [7, 11) is -3.73. The lowest BCUT2D eigenvalue weighted by Crippen LogP contribution is -2.32. The molecule has 0 aliphatic carbocycles. The van der Waals surface area contributed by atoms with Gasteiger partial charge < -0.3 is 14.2 Å². The zero-order valence-electron chi connectivity index (χ0n) is 18.3. The fourth-order valence-electron chi connectivity index (χ4n) is 3.16. The third kappa shape index (κ3) is 5.44. The first kappa shape index (κ1) is 24.5. The van der Waals surface area contributed by atoms with Crippen LogP contribution in [0.25, 0.3) is 0 Å². The van der Waals surface area contributed by atoms with Gasteiger partial charge in [0, 0.05) is 25.0 Å². The predicted octanol–water partition coefficient (Wildman–Crippen LogP) is 2.60. The lowest BCUT2D eigenvalue weighted by Gasteiger charge is -2.19. The van der Waals surface area contributed by atoms with E-state index in [0.717, 1.165) is 0 Å². The summed E-state index contributed by atoms with van der Waals surface area (Å²) in [6.45, 7) is -0.406. The molecule has 1 aromatic heterocycles. The van der Waals surface area contributed by atoms with Crippen LogP contribution in [-0.4, -0.2) is 49.7 Å². The summed E-state index contributed by atoms with van der Waals surface area (Å²) in [5.41, 5.74) is 0.350. The number of hydrogen-bond donors (Lipinski definition) is 1. The highest BCUT2D eigenvalue weighted by molar-refractivity contribution is 7.92. The van der Waals surface area contributed by atoms with E-state index in [2.05, 4.69) is 9.71 Å². The van der Waals surface area contributed by atoms with Gasteiger partial charge in [-0.1, -0.05) is 6.07 Å². The number of sulfonamides is 1. The van der Waals surface area contributed by atoms with E-state index in [1.165, 1.54) is 76.2 Å². The van der Waals surface area contributed by atoms with E-state index >= 15 is 0 Å². The molecule has 1 heterocycles. The molecule has 0 aliphatic heterocycles. The normalized spacial score (nSPS) is 12.7. The summed E-state index contributed by atoms with van der Waals surface area (Å²) in [5, 5.41) is -1.21. The third-order valence-electron chi connectivity index (χ3n) is 4.94.